The third-order valence-corrected chi connectivity index (χ3v) is 1.24. The third kappa shape index (κ3) is 2.91. The summed E-state index contributed by atoms with van der Waals surface area (Å²) in [6.45, 7) is 4.12. The van der Waals surface area contributed by atoms with Gasteiger partial charge in [0.25, 0.3) is 0 Å². The van der Waals surface area contributed by atoms with Crippen molar-refractivity contribution in [1.29, 1.82) is 0 Å². The van der Waals surface area contributed by atoms with E-state index in [1.807, 2.05) is 11.9 Å². The molecule has 8 heavy (non-hydrogen) atoms. The van der Waals surface area contributed by atoms with Gasteiger partial charge in [-0.3, -0.25) is 0 Å². The van der Waals surface area contributed by atoms with Crippen LogP contribution in [0.1, 0.15) is 13.8 Å². The first-order valence-corrected chi connectivity index (χ1v) is 2.82. The SMILES string of the molecule is CC(C)N(C)CB=O. The van der Waals surface area contributed by atoms with Gasteiger partial charge in [0.1, 0.15) is 0 Å². The van der Waals surface area contributed by atoms with Gasteiger partial charge in [0.05, 0.1) is 0 Å². The van der Waals surface area contributed by atoms with E-state index in [9.17, 15) is 4.70 Å². The first kappa shape index (κ1) is 7.82. The predicted octanol–water partition coefficient (Wildman–Crippen LogP) is 0.334. The molecule has 0 saturated heterocycles. The second-order valence-corrected chi connectivity index (χ2v) is 2.20. The van der Waals surface area contributed by atoms with Crippen molar-refractivity contribution in [2.45, 2.75) is 19.9 Å². The molecule has 0 aliphatic rings. The number of hydrogen-bond acceptors (Lipinski definition) is 2. The molecule has 0 heterocycles. The summed E-state index contributed by atoms with van der Waals surface area (Å²) in [5, 5.41) is 0. The molecule has 0 aliphatic heterocycles. The maximum atomic E-state index is 9.88. The molecule has 2 nitrogen and oxygen atoms in total. The Morgan fingerprint density at radius 1 is 1.62 bits per heavy atom. The fourth-order valence-corrected chi connectivity index (χ4v) is 0.328. The molecule has 0 radical (unpaired) electrons. The van der Waals surface area contributed by atoms with E-state index in [4.69, 9.17) is 0 Å². The standard InChI is InChI=1S/C5H12BNO/c1-5(2)7(3)4-6-8/h5H,4H2,1-3H3. The molecule has 3 heteroatoms. The Kier molecular flexibility index (Phi) is 3.70. The monoisotopic (exact) mass is 113 g/mol. The predicted molar refractivity (Wildman–Crippen MR) is 34.2 cm³/mol. The van der Waals surface area contributed by atoms with Crippen molar-refractivity contribution >= 4 is 7.15 Å². The van der Waals surface area contributed by atoms with Gasteiger partial charge in [-0.15, -0.1) is 0 Å². The second-order valence-electron chi connectivity index (χ2n) is 2.20. The van der Waals surface area contributed by atoms with Crippen LogP contribution in [0.2, 0.25) is 0 Å². The van der Waals surface area contributed by atoms with Gasteiger partial charge in [-0.2, -0.15) is 0 Å². The van der Waals surface area contributed by atoms with Gasteiger partial charge < -0.3 is 0 Å². The summed E-state index contributed by atoms with van der Waals surface area (Å²) in [5.74, 6) is 0. The minimum absolute atomic E-state index is 0.472. The van der Waals surface area contributed by atoms with Crippen LogP contribution >= 0.6 is 0 Å². The van der Waals surface area contributed by atoms with Crippen LogP contribution < -0.4 is 0 Å². The maximum absolute atomic E-state index is 9.88. The summed E-state index contributed by atoms with van der Waals surface area (Å²) in [6.07, 6.45) is 0.539. The molecule has 0 aromatic rings. The van der Waals surface area contributed by atoms with Crippen LogP contribution in [0.3, 0.4) is 0 Å². The van der Waals surface area contributed by atoms with Crippen LogP contribution in [0.15, 0.2) is 0 Å². The second kappa shape index (κ2) is 3.78. The normalized spacial score (nSPS) is 10.1. The van der Waals surface area contributed by atoms with E-state index in [1.165, 1.54) is 0 Å². The Morgan fingerprint density at radius 3 is 2.25 bits per heavy atom. The molecule has 0 amide bonds. The summed E-state index contributed by atoms with van der Waals surface area (Å²) < 4.78 is 9.88. The molecule has 0 atom stereocenters. The van der Waals surface area contributed by atoms with E-state index in [1.54, 1.807) is 0 Å². The third-order valence-electron chi connectivity index (χ3n) is 1.24. The number of rotatable bonds is 3. The van der Waals surface area contributed by atoms with Crippen molar-refractivity contribution in [3.05, 3.63) is 0 Å². The average Bonchev–Trinajstić information content (AvgIpc) is 1.67. The fraction of sp³-hybridized carbons (Fsp3) is 1.00. The zero-order valence-electron chi connectivity index (χ0n) is 5.72. The first-order valence-electron chi connectivity index (χ1n) is 2.82. The average molecular weight is 113 g/mol. The summed E-state index contributed by atoms with van der Waals surface area (Å²) in [7, 11) is 2.85. The Hall–Kier alpha value is -0.175. The van der Waals surface area contributed by atoms with Gasteiger partial charge in [-0.05, 0) is 0 Å². The van der Waals surface area contributed by atoms with Crippen LogP contribution in [-0.4, -0.2) is 31.6 Å². The van der Waals surface area contributed by atoms with Gasteiger partial charge in [0, 0.05) is 0 Å². The van der Waals surface area contributed by atoms with E-state index in [2.05, 4.69) is 13.8 Å². The molecule has 0 saturated carbocycles. The number of nitrogens with zero attached hydrogens (tertiary/aromatic N) is 1. The van der Waals surface area contributed by atoms with Crippen molar-refractivity contribution in [3.63, 3.8) is 0 Å². The van der Waals surface area contributed by atoms with Crippen LogP contribution in [0.5, 0.6) is 0 Å². The Bertz CT molecular complexity index is 74.8. The van der Waals surface area contributed by atoms with Gasteiger partial charge in [0.2, 0.25) is 0 Å². The van der Waals surface area contributed by atoms with Gasteiger partial charge in [-0.25, -0.2) is 0 Å². The van der Waals surface area contributed by atoms with Gasteiger partial charge in [0.15, 0.2) is 0 Å². The molecular formula is C5H12BNO. The molecule has 0 N–H and O–H groups in total. The van der Waals surface area contributed by atoms with Gasteiger partial charge in [-0.1, -0.05) is 0 Å². The molecule has 0 rings (SSSR count). The molecule has 0 unspecified atom stereocenters. The minimum atomic E-state index is 0.472. The van der Waals surface area contributed by atoms with Gasteiger partial charge >= 0.3 is 50.1 Å². The molecule has 0 fully saturated rings. The molecule has 0 aliphatic carbocycles. The zero-order valence-corrected chi connectivity index (χ0v) is 5.72. The van der Waals surface area contributed by atoms with Crippen molar-refractivity contribution in [2.24, 2.45) is 0 Å². The molecule has 0 spiro atoms. The van der Waals surface area contributed by atoms with Crippen molar-refractivity contribution in [2.75, 3.05) is 13.5 Å². The van der Waals surface area contributed by atoms with E-state index in [0.29, 0.717) is 12.5 Å². The van der Waals surface area contributed by atoms with Crippen molar-refractivity contribution < 1.29 is 4.70 Å². The summed E-state index contributed by atoms with van der Waals surface area (Å²) in [4.78, 5) is 1.98. The Labute approximate surface area is 51.1 Å². The summed E-state index contributed by atoms with van der Waals surface area (Å²) in [6, 6.07) is 0.472. The zero-order chi connectivity index (χ0) is 6.57. The topological polar surface area (TPSA) is 20.3 Å². The van der Waals surface area contributed by atoms with E-state index in [-0.39, 0.29) is 0 Å². The van der Waals surface area contributed by atoms with Crippen LogP contribution in [0.4, 0.5) is 0 Å². The molecule has 0 aromatic carbocycles. The van der Waals surface area contributed by atoms with E-state index >= 15 is 0 Å². The van der Waals surface area contributed by atoms with Crippen LogP contribution in [-0.2, 0) is 4.70 Å². The number of hydrogen-bond donors (Lipinski definition) is 0. The first-order chi connectivity index (χ1) is 3.68. The Morgan fingerprint density at radius 2 is 2.12 bits per heavy atom. The quantitative estimate of drug-likeness (QED) is 0.491. The van der Waals surface area contributed by atoms with E-state index < -0.39 is 0 Å². The fourth-order valence-electron chi connectivity index (χ4n) is 0.328. The van der Waals surface area contributed by atoms with Crippen LogP contribution in [0.25, 0.3) is 0 Å². The molecule has 46 valence electrons. The summed E-state index contributed by atoms with van der Waals surface area (Å²) in [5.41, 5.74) is 0. The summed E-state index contributed by atoms with van der Waals surface area (Å²) >= 11 is 0. The van der Waals surface area contributed by atoms with Crippen molar-refractivity contribution in [3.8, 4) is 0 Å². The van der Waals surface area contributed by atoms with Crippen LogP contribution in [0, 0.1) is 0 Å². The van der Waals surface area contributed by atoms with Crippen molar-refractivity contribution in [1.82, 2.24) is 4.90 Å². The molecular weight excluding hydrogens is 101 g/mol. The molecule has 0 aromatic heterocycles. The molecule has 0 bridgehead atoms. The Balaban J connectivity index is 3.30. The van der Waals surface area contributed by atoms with E-state index in [0.717, 1.165) is 7.15 Å².